The first-order valence-electron chi connectivity index (χ1n) is 21.9. The summed E-state index contributed by atoms with van der Waals surface area (Å²) in [5.41, 5.74) is 21.5. The topological polar surface area (TPSA) is 13.1 Å². The minimum atomic E-state index is 0.0795. The third-order valence-corrected chi connectivity index (χ3v) is 13.0. The molecule has 4 heteroatoms. The van der Waals surface area contributed by atoms with Crippen molar-refractivity contribution < 1.29 is 0 Å². The van der Waals surface area contributed by atoms with Gasteiger partial charge in [0.1, 0.15) is 0 Å². The van der Waals surface area contributed by atoms with Gasteiger partial charge in [0.15, 0.2) is 0 Å². The van der Waals surface area contributed by atoms with Gasteiger partial charge in [-0.1, -0.05) is 114 Å². The van der Waals surface area contributed by atoms with Crippen molar-refractivity contribution in [1.82, 2.24) is 9.13 Å². The fraction of sp³-hybridized carbons (Fsp3) is 0.222. The predicted octanol–water partition coefficient (Wildman–Crippen LogP) is 12.3. The first kappa shape index (κ1) is 35.2. The van der Waals surface area contributed by atoms with Gasteiger partial charge in [-0.15, -0.1) is 0 Å². The lowest BCUT2D eigenvalue weighted by atomic mass is 9.34. The Labute approximate surface area is 342 Å². The number of para-hydroxylation sites is 2. The summed E-state index contributed by atoms with van der Waals surface area (Å²) in [4.78, 5) is 2.50. The summed E-state index contributed by atoms with van der Waals surface area (Å²) in [6, 6.07) is 51.7. The minimum absolute atomic E-state index is 0.0795. The second kappa shape index (κ2) is 13.8. The van der Waals surface area contributed by atoms with Crippen molar-refractivity contribution in [2.75, 3.05) is 4.90 Å². The van der Waals surface area contributed by atoms with Gasteiger partial charge < -0.3 is 14.0 Å². The van der Waals surface area contributed by atoms with Crippen molar-refractivity contribution >= 4 is 83.8 Å². The maximum Gasteiger partial charge on any atom is 0.252 e. The van der Waals surface area contributed by atoms with Gasteiger partial charge in [0, 0.05) is 49.6 Å². The molecule has 58 heavy (non-hydrogen) atoms. The zero-order valence-corrected chi connectivity index (χ0v) is 34.3. The molecular formula is C54H50BN3. The monoisotopic (exact) mass is 751 g/mol. The Bertz CT molecular complexity index is 3020. The van der Waals surface area contributed by atoms with Crippen LogP contribution in [0, 0.1) is 0 Å². The lowest BCUT2D eigenvalue weighted by Gasteiger charge is -2.37. The van der Waals surface area contributed by atoms with E-state index < -0.39 is 0 Å². The number of rotatable bonds is 11. The van der Waals surface area contributed by atoms with Gasteiger partial charge in [0.25, 0.3) is 6.71 Å². The quantitative estimate of drug-likeness (QED) is 0.120. The maximum atomic E-state index is 2.68. The molecule has 0 saturated carbocycles. The Morgan fingerprint density at radius 2 is 0.914 bits per heavy atom. The Hall–Kier alpha value is -6.00. The van der Waals surface area contributed by atoms with Gasteiger partial charge in [0.2, 0.25) is 0 Å². The van der Waals surface area contributed by atoms with Gasteiger partial charge in [-0.2, -0.15) is 0 Å². The second-order valence-electron chi connectivity index (χ2n) is 16.8. The molecule has 0 unspecified atom stereocenters. The first-order chi connectivity index (χ1) is 28.6. The zero-order valence-electron chi connectivity index (χ0n) is 34.3. The average Bonchev–Trinajstić information content (AvgIpc) is 3.75. The number of aryl methyl sites for hydroxylation is 4. The normalized spacial score (nSPS) is 12.7. The fourth-order valence-electron chi connectivity index (χ4n) is 10.8. The summed E-state index contributed by atoms with van der Waals surface area (Å²) in [5.74, 6) is 0. The van der Waals surface area contributed by atoms with Gasteiger partial charge in [-0.3, -0.25) is 0 Å². The number of nitrogens with zero attached hydrogens (tertiary/aromatic N) is 3. The molecule has 0 aliphatic carbocycles. The average molecular weight is 752 g/mol. The molecule has 2 aliphatic rings. The van der Waals surface area contributed by atoms with E-state index >= 15 is 0 Å². The molecule has 0 spiro atoms. The minimum Gasteiger partial charge on any atom is -0.310 e. The smallest absolute Gasteiger partial charge is 0.252 e. The molecule has 0 bridgehead atoms. The molecule has 3 nitrogen and oxygen atoms in total. The highest BCUT2D eigenvalue weighted by Gasteiger charge is 2.43. The number of fused-ring (bicyclic) bond motifs is 10. The van der Waals surface area contributed by atoms with Crippen LogP contribution >= 0.6 is 0 Å². The van der Waals surface area contributed by atoms with E-state index in [0.717, 1.165) is 62.7 Å². The van der Waals surface area contributed by atoms with Gasteiger partial charge in [0.05, 0.1) is 22.4 Å². The molecule has 0 N–H and O–H groups in total. The van der Waals surface area contributed by atoms with E-state index in [2.05, 4.69) is 175 Å². The summed E-state index contributed by atoms with van der Waals surface area (Å²) in [5, 5.41) is 5.53. The molecular weight excluding hydrogens is 701 g/mol. The van der Waals surface area contributed by atoms with Crippen LogP contribution in [0.1, 0.15) is 75.6 Å². The molecule has 0 amide bonds. The molecule has 9 aromatic rings. The van der Waals surface area contributed by atoms with Crippen molar-refractivity contribution in [3.05, 3.63) is 156 Å². The molecule has 0 saturated heterocycles. The maximum absolute atomic E-state index is 2.68. The van der Waals surface area contributed by atoms with Gasteiger partial charge >= 0.3 is 0 Å². The number of benzene rings is 7. The molecule has 2 aliphatic heterocycles. The zero-order chi connectivity index (χ0) is 39.1. The Kier molecular flexibility index (Phi) is 8.40. The van der Waals surface area contributed by atoms with E-state index in [1.165, 1.54) is 99.3 Å². The lowest BCUT2D eigenvalue weighted by Crippen LogP contribution is -2.59. The van der Waals surface area contributed by atoms with E-state index in [0.29, 0.717) is 0 Å². The molecule has 0 fully saturated rings. The third kappa shape index (κ3) is 5.13. The van der Waals surface area contributed by atoms with Crippen LogP contribution in [0.2, 0.25) is 0 Å². The largest absolute Gasteiger partial charge is 0.310 e. The standard InChI is InChI=1S/C54H50BN3/c1-5-15-35-23-25-47-41(29-35)43-31-37(17-7-3)33-45-52(43)57(47)49-27-28-50(56(39-19-11-9-12-20-39)40-21-13-10-14-22-40)54-51(49)55(45)46-34-38(18-8-4)32-44-42-30-36(16-6-2)24-26-48(42)58(54)53(44)46/h9-14,19-34H,5-8,15-18H2,1-4H3. The number of aromatic nitrogens is 2. The Morgan fingerprint density at radius 1 is 0.448 bits per heavy atom. The van der Waals surface area contributed by atoms with E-state index in [-0.39, 0.29) is 6.71 Å². The summed E-state index contributed by atoms with van der Waals surface area (Å²) in [6.45, 7) is 9.31. The van der Waals surface area contributed by atoms with Crippen LogP contribution in [-0.2, 0) is 25.7 Å². The number of hydrogen-bond acceptors (Lipinski definition) is 1. The van der Waals surface area contributed by atoms with Crippen LogP contribution in [0.5, 0.6) is 0 Å². The molecule has 0 atom stereocenters. The van der Waals surface area contributed by atoms with Crippen molar-refractivity contribution in [2.24, 2.45) is 0 Å². The summed E-state index contributed by atoms with van der Waals surface area (Å²) >= 11 is 0. The van der Waals surface area contributed by atoms with E-state index in [9.17, 15) is 0 Å². The van der Waals surface area contributed by atoms with Crippen molar-refractivity contribution in [2.45, 2.75) is 79.1 Å². The fourth-order valence-corrected chi connectivity index (χ4v) is 10.8. The van der Waals surface area contributed by atoms with Crippen molar-refractivity contribution in [3.63, 3.8) is 0 Å². The highest BCUT2D eigenvalue weighted by Crippen LogP contribution is 2.46. The van der Waals surface area contributed by atoms with Crippen LogP contribution in [-0.4, -0.2) is 15.8 Å². The molecule has 7 aromatic carbocycles. The Morgan fingerprint density at radius 3 is 1.43 bits per heavy atom. The Balaban J connectivity index is 1.35. The molecule has 4 heterocycles. The van der Waals surface area contributed by atoms with Gasteiger partial charge in [-0.05, 0) is 137 Å². The predicted molar refractivity (Wildman–Crippen MR) is 250 cm³/mol. The molecule has 284 valence electrons. The van der Waals surface area contributed by atoms with Crippen LogP contribution < -0.4 is 21.3 Å². The SMILES string of the molecule is CCCc1ccc2c(c1)c1cc(CCC)cc3c1n2-c1ccc(N(c2ccccc2)c2ccccc2)c2c1B3c1cc(CCC)cc3c4cc(CCC)ccc4n-2c13. The van der Waals surface area contributed by atoms with Crippen LogP contribution in [0.4, 0.5) is 17.1 Å². The van der Waals surface area contributed by atoms with E-state index in [1.54, 1.807) is 0 Å². The third-order valence-electron chi connectivity index (χ3n) is 13.0. The first-order valence-corrected chi connectivity index (χ1v) is 21.9. The summed E-state index contributed by atoms with van der Waals surface area (Å²) < 4.78 is 5.32. The number of hydrogen-bond donors (Lipinski definition) is 0. The van der Waals surface area contributed by atoms with Crippen LogP contribution in [0.25, 0.3) is 55.0 Å². The summed E-state index contributed by atoms with van der Waals surface area (Å²) in [6.07, 6.45) is 8.83. The van der Waals surface area contributed by atoms with Crippen LogP contribution in [0.15, 0.2) is 133 Å². The van der Waals surface area contributed by atoms with Crippen molar-refractivity contribution in [3.8, 4) is 11.4 Å². The molecule has 0 radical (unpaired) electrons. The van der Waals surface area contributed by atoms with E-state index in [1.807, 2.05) is 0 Å². The molecule has 2 aromatic heterocycles. The summed E-state index contributed by atoms with van der Waals surface area (Å²) in [7, 11) is 0. The van der Waals surface area contributed by atoms with Crippen molar-refractivity contribution in [1.29, 1.82) is 0 Å². The lowest BCUT2D eigenvalue weighted by molar-refractivity contribution is 0.923. The van der Waals surface area contributed by atoms with Gasteiger partial charge in [-0.25, -0.2) is 0 Å². The highest BCUT2D eigenvalue weighted by atomic mass is 15.2. The number of anilines is 3. The second-order valence-corrected chi connectivity index (χ2v) is 16.8. The molecule has 11 rings (SSSR count). The van der Waals surface area contributed by atoms with Crippen LogP contribution in [0.3, 0.4) is 0 Å². The van der Waals surface area contributed by atoms with E-state index in [4.69, 9.17) is 0 Å². The highest BCUT2D eigenvalue weighted by molar-refractivity contribution is 7.00.